The Morgan fingerprint density at radius 2 is 1.74 bits per heavy atom. The maximum atomic E-state index is 11.4. The summed E-state index contributed by atoms with van der Waals surface area (Å²) in [4.78, 5) is 11.4. The molecular weight excluding hydrogens is 324 g/mol. The molecule has 5 N–H and O–H groups in total. The predicted molar refractivity (Wildman–Crippen MR) is 81.0 cm³/mol. The van der Waals surface area contributed by atoms with Crippen molar-refractivity contribution in [2.75, 3.05) is 0 Å². The third-order valence-corrected chi connectivity index (χ3v) is 4.23. The lowest BCUT2D eigenvalue weighted by atomic mass is 10.1. The number of hydrogen-bond donors (Lipinski definition) is 5. The summed E-state index contributed by atoms with van der Waals surface area (Å²) in [7, 11) is 0. The van der Waals surface area contributed by atoms with Crippen LogP contribution in [0.1, 0.15) is 15.9 Å². The minimum absolute atomic E-state index is 0.0406. The maximum absolute atomic E-state index is 11.4. The van der Waals surface area contributed by atoms with E-state index in [-0.39, 0.29) is 21.8 Å². The third kappa shape index (κ3) is 4.27. The number of hydrogen-bond acceptors (Lipinski definition) is 6. The van der Waals surface area contributed by atoms with Crippen LogP contribution in [0.2, 0.25) is 0 Å². The monoisotopic (exact) mass is 338 g/mol. The molecule has 122 valence electrons. The molecule has 9 heteroatoms. The molecule has 0 saturated carbocycles. The molecule has 2 unspecified atom stereocenters. The summed E-state index contributed by atoms with van der Waals surface area (Å²) in [5.74, 6) is -1.00. The van der Waals surface area contributed by atoms with E-state index < -0.39 is 16.4 Å². The number of nitrogens with one attached hydrogen (secondary N) is 2. The highest BCUT2D eigenvalue weighted by Crippen LogP contribution is 2.33. The smallest absolute Gasteiger partial charge is 0.337 e. The SMILES string of the molecule is O=C(O)c1cc([NH+]([O-])O)cc([NH+]([O-])O)c1SCc1ccccc1. The van der Waals surface area contributed by atoms with Crippen molar-refractivity contribution in [1.82, 2.24) is 0 Å². The summed E-state index contributed by atoms with van der Waals surface area (Å²) >= 11 is 1.05. The quantitative estimate of drug-likeness (QED) is 0.382. The van der Waals surface area contributed by atoms with Gasteiger partial charge in [-0.3, -0.25) is 0 Å². The molecule has 23 heavy (non-hydrogen) atoms. The summed E-state index contributed by atoms with van der Waals surface area (Å²) in [6, 6.07) is 11.1. The number of rotatable bonds is 6. The molecule has 2 aromatic carbocycles. The Hall–Kier alpha value is -1.98. The number of quaternary nitrogens is 2. The average Bonchev–Trinajstić information content (AvgIpc) is 2.52. The van der Waals surface area contributed by atoms with Crippen LogP contribution in [0.15, 0.2) is 47.4 Å². The van der Waals surface area contributed by atoms with Crippen molar-refractivity contribution in [2.24, 2.45) is 0 Å². The molecule has 2 aromatic rings. The second kappa shape index (κ2) is 7.53. The van der Waals surface area contributed by atoms with Crippen LogP contribution in [0.4, 0.5) is 11.4 Å². The van der Waals surface area contributed by atoms with Crippen LogP contribution < -0.4 is 10.5 Å². The maximum Gasteiger partial charge on any atom is 0.337 e. The van der Waals surface area contributed by atoms with Crippen molar-refractivity contribution in [3.05, 3.63) is 64.0 Å². The van der Waals surface area contributed by atoms with Crippen LogP contribution in [-0.4, -0.2) is 21.5 Å². The Morgan fingerprint density at radius 1 is 1.09 bits per heavy atom. The van der Waals surface area contributed by atoms with E-state index in [0.717, 1.165) is 29.5 Å². The number of thioether (sulfide) groups is 1. The zero-order valence-electron chi connectivity index (χ0n) is 11.7. The lowest BCUT2D eigenvalue weighted by molar-refractivity contribution is -0.997. The number of benzene rings is 2. The standard InChI is InChI=1S/C14H14N2O6S/c17-14(18)11-6-10(15(19)20)7-12(16(21)22)13(11)23-8-9-4-2-1-3-5-9/h1-7,15-16,19,21H,8H2,(H,17,18). The Kier molecular flexibility index (Phi) is 5.69. The average molecular weight is 338 g/mol. The molecule has 0 radical (unpaired) electrons. The van der Waals surface area contributed by atoms with E-state index in [0.29, 0.717) is 5.75 Å². The largest absolute Gasteiger partial charge is 0.595 e. The highest BCUT2D eigenvalue weighted by Gasteiger charge is 2.23. The first-order valence-corrected chi connectivity index (χ1v) is 7.43. The first-order chi connectivity index (χ1) is 10.9. The van der Waals surface area contributed by atoms with Gasteiger partial charge in [-0.25, -0.2) is 15.2 Å². The highest BCUT2D eigenvalue weighted by molar-refractivity contribution is 7.98. The van der Waals surface area contributed by atoms with Gasteiger partial charge in [0.15, 0.2) is 11.4 Å². The van der Waals surface area contributed by atoms with E-state index in [1.807, 2.05) is 30.3 Å². The fraction of sp³-hybridized carbons (Fsp3) is 0.0714. The number of aromatic carboxylic acids is 1. The molecule has 0 aliphatic rings. The number of carboxylic acids is 1. The van der Waals surface area contributed by atoms with Crippen LogP contribution in [0.3, 0.4) is 0 Å². The van der Waals surface area contributed by atoms with E-state index in [9.17, 15) is 25.5 Å². The van der Waals surface area contributed by atoms with Crippen molar-refractivity contribution in [1.29, 1.82) is 0 Å². The molecule has 0 amide bonds. The highest BCUT2D eigenvalue weighted by atomic mass is 32.2. The van der Waals surface area contributed by atoms with E-state index >= 15 is 0 Å². The van der Waals surface area contributed by atoms with Crippen molar-refractivity contribution in [3.8, 4) is 0 Å². The summed E-state index contributed by atoms with van der Waals surface area (Å²) in [6.07, 6.45) is 0. The Labute approximate surface area is 135 Å². The zero-order chi connectivity index (χ0) is 17.0. The van der Waals surface area contributed by atoms with Crippen molar-refractivity contribution in [2.45, 2.75) is 10.6 Å². The molecule has 8 nitrogen and oxygen atoms in total. The molecule has 2 rings (SSSR count). The molecule has 0 bridgehead atoms. The van der Waals surface area contributed by atoms with E-state index in [2.05, 4.69) is 0 Å². The first kappa shape index (κ1) is 17.4. The lowest BCUT2D eigenvalue weighted by Gasteiger charge is -2.20. The fourth-order valence-corrected chi connectivity index (χ4v) is 3.06. The molecule has 0 spiro atoms. The summed E-state index contributed by atoms with van der Waals surface area (Å²) in [5.41, 5.74) is -0.136. The van der Waals surface area contributed by atoms with Crippen LogP contribution >= 0.6 is 11.8 Å². The molecule has 2 atom stereocenters. The molecular formula is C14H14N2O6S. The molecule has 0 aliphatic heterocycles. The van der Waals surface area contributed by atoms with Gasteiger partial charge in [0.05, 0.1) is 16.5 Å². The molecule has 0 fully saturated rings. The van der Waals surface area contributed by atoms with Gasteiger partial charge in [-0.05, 0) is 5.56 Å². The van der Waals surface area contributed by atoms with Gasteiger partial charge in [0.2, 0.25) is 0 Å². The van der Waals surface area contributed by atoms with Gasteiger partial charge in [-0.2, -0.15) is 10.5 Å². The Morgan fingerprint density at radius 3 is 2.26 bits per heavy atom. The predicted octanol–water partition coefficient (Wildman–Crippen LogP) is 0.484. The number of carboxylic acid groups (broad SMARTS) is 1. The van der Waals surface area contributed by atoms with Crippen LogP contribution in [0, 0.1) is 10.4 Å². The van der Waals surface area contributed by atoms with Crippen molar-refractivity contribution < 1.29 is 30.8 Å². The van der Waals surface area contributed by atoms with E-state index in [1.165, 1.54) is 0 Å². The van der Waals surface area contributed by atoms with Gasteiger partial charge < -0.3 is 15.5 Å². The van der Waals surface area contributed by atoms with Gasteiger partial charge in [0.25, 0.3) is 0 Å². The van der Waals surface area contributed by atoms with E-state index in [4.69, 9.17) is 5.21 Å². The van der Waals surface area contributed by atoms with E-state index in [1.54, 1.807) is 0 Å². The van der Waals surface area contributed by atoms with Crippen molar-refractivity contribution >= 4 is 29.1 Å². The molecule has 0 heterocycles. The van der Waals surface area contributed by atoms with Gasteiger partial charge in [-0.15, -0.1) is 11.8 Å². The Bertz CT molecular complexity index is 693. The minimum Gasteiger partial charge on any atom is -0.595 e. The van der Waals surface area contributed by atoms with Gasteiger partial charge >= 0.3 is 5.97 Å². The minimum atomic E-state index is -1.38. The van der Waals surface area contributed by atoms with Gasteiger partial charge in [0.1, 0.15) is 0 Å². The number of carbonyl (C=O) groups is 1. The second-order valence-corrected chi connectivity index (χ2v) is 5.58. The topological polar surface area (TPSA) is 133 Å². The summed E-state index contributed by atoms with van der Waals surface area (Å²) in [6.45, 7) is 0. The summed E-state index contributed by atoms with van der Waals surface area (Å²) in [5, 5.41) is 47.2. The third-order valence-electron chi connectivity index (χ3n) is 3.02. The van der Waals surface area contributed by atoms with Gasteiger partial charge in [-0.1, -0.05) is 30.3 Å². The lowest BCUT2D eigenvalue weighted by Crippen LogP contribution is -3.01. The molecule has 0 saturated heterocycles. The van der Waals surface area contributed by atoms with Crippen LogP contribution in [-0.2, 0) is 5.75 Å². The molecule has 0 aliphatic carbocycles. The van der Waals surface area contributed by atoms with Crippen molar-refractivity contribution in [3.63, 3.8) is 0 Å². The Balaban J connectivity index is 2.44. The summed E-state index contributed by atoms with van der Waals surface area (Å²) < 4.78 is 0. The van der Waals surface area contributed by atoms with Gasteiger partial charge in [0, 0.05) is 11.8 Å². The normalized spacial score (nSPS) is 13.6. The fourth-order valence-electron chi connectivity index (χ4n) is 1.96. The van der Waals surface area contributed by atoms with Crippen LogP contribution in [0.25, 0.3) is 0 Å². The first-order valence-electron chi connectivity index (χ1n) is 6.44. The van der Waals surface area contributed by atoms with Crippen LogP contribution in [0.5, 0.6) is 0 Å². The molecule has 0 aromatic heterocycles. The zero-order valence-corrected chi connectivity index (χ0v) is 12.5. The second-order valence-electron chi connectivity index (χ2n) is 4.59.